The number of benzene rings is 1. The second kappa shape index (κ2) is 10.9. The molecule has 0 amide bonds. The summed E-state index contributed by atoms with van der Waals surface area (Å²) in [6, 6.07) is 8.79. The Morgan fingerprint density at radius 3 is 2.60 bits per heavy atom. The molecule has 1 atom stereocenters. The molecule has 8 heteroatoms. The van der Waals surface area contributed by atoms with Crippen LogP contribution >= 0.6 is 0 Å². The molecule has 0 unspecified atom stereocenters. The fourth-order valence-corrected chi connectivity index (χ4v) is 6.10. The third-order valence-electron chi connectivity index (χ3n) is 7.87. The molecule has 2 saturated carbocycles. The van der Waals surface area contributed by atoms with Crippen molar-refractivity contribution in [1.29, 1.82) is 0 Å². The Kier molecular flexibility index (Phi) is 7.46. The maximum absolute atomic E-state index is 13.2. The Bertz CT molecular complexity index is 1180. The zero-order chi connectivity index (χ0) is 24.2. The number of aromatic nitrogens is 5. The lowest BCUT2D eigenvalue weighted by molar-refractivity contribution is 0.0830. The zero-order valence-corrected chi connectivity index (χ0v) is 21.1. The van der Waals surface area contributed by atoms with Crippen molar-refractivity contribution in [3.05, 3.63) is 46.0 Å². The summed E-state index contributed by atoms with van der Waals surface area (Å²) in [5, 5.41) is 14.1. The summed E-state index contributed by atoms with van der Waals surface area (Å²) in [4.78, 5) is 18.8. The highest BCUT2D eigenvalue weighted by Gasteiger charge is 2.33. The standard InChI is InChI=1S/C27H38N6O2/c1-3-25(26-29-30-31-33(26)22-12-8-9-13-22)32(21-10-6-5-7-11-21)18-20-16-19-17-23(35-4-2)14-15-24(19)28-27(20)34/h14-17,21-22,25H,3-13,18H2,1-2H3,(H,28,34)/t25-/m0/s1. The van der Waals surface area contributed by atoms with E-state index in [-0.39, 0.29) is 11.6 Å². The van der Waals surface area contributed by atoms with Crippen molar-refractivity contribution < 1.29 is 4.74 Å². The molecule has 2 aliphatic carbocycles. The SMILES string of the molecule is CCOc1ccc2[nH]c(=O)c(CN(C3CCCCC3)[C@@H](CC)c3nnnn3C3CCCC3)cc2c1. The summed E-state index contributed by atoms with van der Waals surface area (Å²) in [5.74, 6) is 1.78. The summed E-state index contributed by atoms with van der Waals surface area (Å²) in [5.41, 5.74) is 1.60. The van der Waals surface area contributed by atoms with Crippen molar-refractivity contribution in [1.82, 2.24) is 30.1 Å². The van der Waals surface area contributed by atoms with Crippen molar-refractivity contribution in [3.8, 4) is 5.75 Å². The maximum atomic E-state index is 13.2. The topological polar surface area (TPSA) is 88.9 Å². The Balaban J connectivity index is 1.51. The molecular formula is C27H38N6O2. The molecule has 2 aliphatic rings. The van der Waals surface area contributed by atoms with E-state index in [1.54, 1.807) is 0 Å². The Morgan fingerprint density at radius 2 is 1.86 bits per heavy atom. The van der Waals surface area contributed by atoms with Crippen molar-refractivity contribution >= 4 is 10.9 Å². The summed E-state index contributed by atoms with van der Waals surface area (Å²) in [6.07, 6.45) is 11.7. The molecule has 3 aromatic rings. The summed E-state index contributed by atoms with van der Waals surface area (Å²) < 4.78 is 7.79. The summed E-state index contributed by atoms with van der Waals surface area (Å²) in [6.45, 7) is 5.40. The maximum Gasteiger partial charge on any atom is 0.252 e. The van der Waals surface area contributed by atoms with Crippen molar-refractivity contribution in [2.45, 2.75) is 103 Å². The largest absolute Gasteiger partial charge is 0.494 e. The summed E-state index contributed by atoms with van der Waals surface area (Å²) >= 11 is 0. The molecular weight excluding hydrogens is 440 g/mol. The highest BCUT2D eigenvalue weighted by Crippen LogP contribution is 2.36. The number of nitrogens with zero attached hydrogens (tertiary/aromatic N) is 5. The number of hydrogen-bond acceptors (Lipinski definition) is 6. The lowest BCUT2D eigenvalue weighted by Crippen LogP contribution is -2.41. The predicted molar refractivity (Wildman–Crippen MR) is 137 cm³/mol. The first-order valence-electron chi connectivity index (χ1n) is 13.5. The van der Waals surface area contributed by atoms with Crippen LogP contribution < -0.4 is 10.3 Å². The van der Waals surface area contributed by atoms with Crippen molar-refractivity contribution in [2.24, 2.45) is 0 Å². The van der Waals surface area contributed by atoms with Crippen LogP contribution in [0, 0.1) is 0 Å². The van der Waals surface area contributed by atoms with E-state index in [1.165, 1.54) is 32.1 Å². The van der Waals surface area contributed by atoms with Gasteiger partial charge in [0.05, 0.1) is 18.7 Å². The second-order valence-electron chi connectivity index (χ2n) is 10.1. The predicted octanol–water partition coefficient (Wildman–Crippen LogP) is 5.31. The molecule has 5 rings (SSSR count). The normalized spacial score (nSPS) is 18.5. The first-order chi connectivity index (χ1) is 17.2. The molecule has 35 heavy (non-hydrogen) atoms. The van der Waals surface area contributed by atoms with Crippen LogP contribution in [0.5, 0.6) is 5.75 Å². The Labute approximate surface area is 207 Å². The van der Waals surface area contributed by atoms with E-state index >= 15 is 0 Å². The average molecular weight is 479 g/mol. The van der Waals surface area contributed by atoms with E-state index in [9.17, 15) is 4.79 Å². The Morgan fingerprint density at radius 1 is 1.09 bits per heavy atom. The van der Waals surface area contributed by atoms with Gasteiger partial charge in [-0.1, -0.05) is 39.0 Å². The van der Waals surface area contributed by atoms with Crippen LogP contribution in [0.4, 0.5) is 0 Å². The number of aromatic amines is 1. The zero-order valence-electron chi connectivity index (χ0n) is 21.1. The number of tetrazole rings is 1. The number of hydrogen-bond donors (Lipinski definition) is 1. The molecule has 1 N–H and O–H groups in total. The van der Waals surface area contributed by atoms with E-state index in [0.29, 0.717) is 25.2 Å². The van der Waals surface area contributed by atoms with E-state index in [1.807, 2.05) is 31.2 Å². The van der Waals surface area contributed by atoms with Gasteiger partial charge in [-0.2, -0.15) is 0 Å². The quantitative estimate of drug-likeness (QED) is 0.448. The van der Waals surface area contributed by atoms with Crippen molar-refractivity contribution in [2.75, 3.05) is 6.61 Å². The van der Waals surface area contributed by atoms with E-state index in [4.69, 9.17) is 4.74 Å². The molecule has 2 fully saturated rings. The molecule has 188 valence electrons. The molecule has 8 nitrogen and oxygen atoms in total. The smallest absolute Gasteiger partial charge is 0.252 e. The van der Waals surface area contributed by atoms with Crippen LogP contribution in [-0.2, 0) is 6.54 Å². The number of rotatable bonds is 9. The molecule has 2 aromatic heterocycles. The molecule has 0 saturated heterocycles. The Hall–Kier alpha value is -2.74. The van der Waals surface area contributed by atoms with Crippen molar-refractivity contribution in [3.63, 3.8) is 0 Å². The van der Waals surface area contributed by atoms with E-state index < -0.39 is 0 Å². The molecule has 0 radical (unpaired) electrons. The molecule has 0 bridgehead atoms. The van der Waals surface area contributed by atoms with Crippen LogP contribution in [0.15, 0.2) is 29.1 Å². The first kappa shape index (κ1) is 24.0. The number of pyridine rings is 1. The number of H-pyrrole nitrogens is 1. The van der Waals surface area contributed by atoms with Crippen LogP contribution in [0.3, 0.4) is 0 Å². The fraction of sp³-hybridized carbons (Fsp3) is 0.630. The lowest BCUT2D eigenvalue weighted by atomic mass is 9.92. The highest BCUT2D eigenvalue weighted by atomic mass is 16.5. The van der Waals surface area contributed by atoms with Gasteiger partial charge in [0.15, 0.2) is 5.82 Å². The molecule has 0 aliphatic heterocycles. The highest BCUT2D eigenvalue weighted by molar-refractivity contribution is 5.80. The van der Waals surface area contributed by atoms with Gasteiger partial charge in [-0.25, -0.2) is 4.68 Å². The lowest BCUT2D eigenvalue weighted by Gasteiger charge is -2.39. The van der Waals surface area contributed by atoms with Crippen LogP contribution in [0.25, 0.3) is 10.9 Å². The number of nitrogens with one attached hydrogen (secondary N) is 1. The van der Waals surface area contributed by atoms with E-state index in [0.717, 1.165) is 60.1 Å². The van der Waals surface area contributed by atoms with E-state index in [2.05, 4.69) is 37.0 Å². The molecule has 1 aromatic carbocycles. The van der Waals surface area contributed by atoms with Gasteiger partial charge >= 0.3 is 0 Å². The van der Waals surface area contributed by atoms with Gasteiger partial charge in [0.1, 0.15) is 5.75 Å². The molecule has 0 spiro atoms. The second-order valence-corrected chi connectivity index (χ2v) is 10.1. The minimum absolute atomic E-state index is 0.0206. The number of ether oxygens (including phenoxy) is 1. The van der Waals surface area contributed by atoms with Gasteiger partial charge in [0.2, 0.25) is 0 Å². The third kappa shape index (κ3) is 5.13. The number of fused-ring (bicyclic) bond motifs is 1. The van der Waals surface area contributed by atoms with Gasteiger partial charge in [0, 0.05) is 29.1 Å². The average Bonchev–Trinajstić information content (AvgIpc) is 3.57. The van der Waals surface area contributed by atoms with Gasteiger partial charge < -0.3 is 9.72 Å². The van der Waals surface area contributed by atoms with Crippen LogP contribution in [0.2, 0.25) is 0 Å². The van der Waals surface area contributed by atoms with Crippen LogP contribution in [0.1, 0.15) is 102 Å². The van der Waals surface area contributed by atoms with Gasteiger partial charge in [0.25, 0.3) is 5.56 Å². The minimum Gasteiger partial charge on any atom is -0.494 e. The molecule has 2 heterocycles. The van der Waals surface area contributed by atoms with Gasteiger partial charge in [-0.3, -0.25) is 9.69 Å². The van der Waals surface area contributed by atoms with Gasteiger partial charge in [-0.05, 0) is 73.7 Å². The van der Waals surface area contributed by atoms with Gasteiger partial charge in [-0.15, -0.1) is 5.10 Å². The monoisotopic (exact) mass is 478 g/mol. The third-order valence-corrected chi connectivity index (χ3v) is 7.87. The van der Waals surface area contributed by atoms with Crippen LogP contribution in [-0.4, -0.2) is 42.7 Å². The fourth-order valence-electron chi connectivity index (χ4n) is 6.10. The summed E-state index contributed by atoms with van der Waals surface area (Å²) in [7, 11) is 0. The minimum atomic E-state index is -0.0206. The first-order valence-corrected chi connectivity index (χ1v) is 13.5.